The monoisotopic (exact) mass is 692 g/mol. The highest BCUT2D eigenvalue weighted by molar-refractivity contribution is 6.00. The summed E-state index contributed by atoms with van der Waals surface area (Å²) >= 11 is 0. The van der Waals surface area contributed by atoms with E-state index >= 15 is 0 Å². The number of aliphatic hydroxyl groups is 3. The average Bonchev–Trinajstić information content (AvgIpc) is 3.06. The summed E-state index contributed by atoms with van der Waals surface area (Å²) in [6, 6.07) is 9.25. The van der Waals surface area contributed by atoms with Crippen LogP contribution in [-0.4, -0.2) is 113 Å². The van der Waals surface area contributed by atoms with Gasteiger partial charge in [-0.05, 0) is 66.6 Å². The van der Waals surface area contributed by atoms with Gasteiger partial charge in [0.15, 0.2) is 12.1 Å². The quantitative estimate of drug-likeness (QED) is 0.207. The van der Waals surface area contributed by atoms with Crippen molar-refractivity contribution in [3.63, 3.8) is 0 Å². The zero-order valence-electron chi connectivity index (χ0n) is 31.2. The molecule has 0 aliphatic carbocycles. The molecular formula is C37H60N2O10. The van der Waals surface area contributed by atoms with Crippen LogP contribution in [0.3, 0.4) is 0 Å². The molecule has 0 amide bonds. The second-order valence-electron chi connectivity index (χ2n) is 14.7. The summed E-state index contributed by atoms with van der Waals surface area (Å²) < 4.78 is 24.7. The predicted molar refractivity (Wildman–Crippen MR) is 184 cm³/mol. The van der Waals surface area contributed by atoms with Gasteiger partial charge in [-0.15, -0.1) is 0 Å². The first-order valence-corrected chi connectivity index (χ1v) is 17.5. The standard InChI is InChI=1S/C37H60N2O10/c1-12-28-37(8,44)32(42)23(4)29(38-46-20-26-16-14-13-15-17-26)21(2)19-36(7,45-11)33(24(5)30(40)25(6)34(43)48-28)49-35-31(41)27(39(9)10)18-22(3)47-35/h13-17,21-25,27-28,31-33,35,41-42,44H,12,18-20H2,1-11H3/b38-29-/t21-,22-,23+,24+,25-,27+,28-,31-,32-,33-,35+,36-,37-/m1/s1. The molecule has 2 fully saturated rings. The fourth-order valence-electron chi connectivity index (χ4n) is 7.37. The van der Waals surface area contributed by atoms with Crippen LogP contribution in [0.5, 0.6) is 0 Å². The summed E-state index contributed by atoms with van der Waals surface area (Å²) in [6.07, 6.45) is -4.94. The normalized spacial score (nSPS) is 41.0. The van der Waals surface area contributed by atoms with E-state index in [4.69, 9.17) is 23.8 Å². The van der Waals surface area contributed by atoms with E-state index in [0.29, 0.717) is 12.1 Å². The van der Waals surface area contributed by atoms with Crippen molar-refractivity contribution in [2.24, 2.45) is 28.8 Å². The Bertz CT molecular complexity index is 1260. The van der Waals surface area contributed by atoms with E-state index in [2.05, 4.69) is 5.16 Å². The largest absolute Gasteiger partial charge is 0.459 e. The SMILES string of the molecule is CC[C@H]1OC(=O)[C@H](C)C(=O)[C@H](C)[C@@H](O[C@@H]2O[C@H](C)C[C@H](N(C)C)[C@H]2O)[C@](C)(OC)C[C@@H](C)/C(=N/OCc2ccccc2)[C@H](C)[C@@H](O)[C@]1(C)O. The minimum absolute atomic E-state index is 0.171. The number of esters is 1. The van der Waals surface area contributed by atoms with Crippen LogP contribution in [0, 0.1) is 23.7 Å². The topological polar surface area (TPSA) is 157 Å². The van der Waals surface area contributed by atoms with Gasteiger partial charge in [0.25, 0.3) is 0 Å². The van der Waals surface area contributed by atoms with Gasteiger partial charge >= 0.3 is 5.97 Å². The third kappa shape index (κ3) is 9.46. The number of hydrogen-bond donors (Lipinski definition) is 3. The van der Waals surface area contributed by atoms with Gasteiger partial charge in [0.1, 0.15) is 30.3 Å². The van der Waals surface area contributed by atoms with Gasteiger partial charge in [-0.25, -0.2) is 0 Å². The summed E-state index contributed by atoms with van der Waals surface area (Å²) in [7, 11) is 5.27. The molecule has 49 heavy (non-hydrogen) atoms. The Kier molecular flexibility index (Phi) is 14.4. The zero-order valence-corrected chi connectivity index (χ0v) is 31.2. The molecule has 278 valence electrons. The molecule has 3 N–H and O–H groups in total. The van der Waals surface area contributed by atoms with E-state index in [1.807, 2.05) is 70.1 Å². The Morgan fingerprint density at radius 3 is 2.22 bits per heavy atom. The van der Waals surface area contributed by atoms with E-state index in [-0.39, 0.29) is 31.6 Å². The van der Waals surface area contributed by atoms with Crippen LogP contribution in [0.1, 0.15) is 80.2 Å². The molecule has 0 unspecified atom stereocenters. The number of carbonyl (C=O) groups excluding carboxylic acids is 2. The van der Waals surface area contributed by atoms with Gasteiger partial charge in [-0.3, -0.25) is 9.59 Å². The van der Waals surface area contributed by atoms with E-state index in [1.165, 1.54) is 21.0 Å². The third-order valence-electron chi connectivity index (χ3n) is 10.6. The van der Waals surface area contributed by atoms with Crippen molar-refractivity contribution in [1.82, 2.24) is 4.90 Å². The highest BCUT2D eigenvalue weighted by Crippen LogP contribution is 2.38. The second kappa shape index (κ2) is 17.2. The lowest BCUT2D eigenvalue weighted by Crippen LogP contribution is -2.60. The third-order valence-corrected chi connectivity index (χ3v) is 10.6. The van der Waals surface area contributed by atoms with Gasteiger partial charge in [0.2, 0.25) is 0 Å². The molecule has 0 saturated carbocycles. The number of methoxy groups -OCH3 is 1. The van der Waals surface area contributed by atoms with E-state index in [0.717, 1.165) is 5.56 Å². The van der Waals surface area contributed by atoms with Crippen molar-refractivity contribution in [2.45, 2.75) is 135 Å². The van der Waals surface area contributed by atoms with Crippen molar-refractivity contribution in [2.75, 3.05) is 21.2 Å². The van der Waals surface area contributed by atoms with Gasteiger partial charge in [-0.2, -0.15) is 0 Å². The van der Waals surface area contributed by atoms with Crippen LogP contribution in [0.2, 0.25) is 0 Å². The Morgan fingerprint density at radius 1 is 1.02 bits per heavy atom. The van der Waals surface area contributed by atoms with Crippen molar-refractivity contribution >= 4 is 17.5 Å². The second-order valence-corrected chi connectivity index (χ2v) is 14.7. The number of Topliss-reactive ketones (excluding diaryl/α,β-unsaturated/α-hetero) is 1. The maximum atomic E-state index is 14.1. The number of hydrogen-bond acceptors (Lipinski definition) is 12. The average molecular weight is 693 g/mol. The van der Waals surface area contributed by atoms with Crippen LogP contribution >= 0.6 is 0 Å². The number of ether oxygens (including phenoxy) is 4. The number of rotatable bonds is 8. The molecule has 0 radical (unpaired) electrons. The van der Waals surface area contributed by atoms with E-state index < -0.39 is 77.3 Å². The van der Waals surface area contributed by atoms with Crippen LogP contribution < -0.4 is 0 Å². The number of benzene rings is 1. The predicted octanol–water partition coefficient (Wildman–Crippen LogP) is 3.73. The molecule has 13 atom stereocenters. The first-order valence-electron chi connectivity index (χ1n) is 17.5. The molecule has 12 nitrogen and oxygen atoms in total. The van der Waals surface area contributed by atoms with Crippen LogP contribution in [-0.2, 0) is 40.0 Å². The molecule has 1 aromatic rings. The summed E-state index contributed by atoms with van der Waals surface area (Å²) in [6.45, 7) is 13.8. The highest BCUT2D eigenvalue weighted by Gasteiger charge is 2.51. The maximum Gasteiger partial charge on any atom is 0.316 e. The first kappa shape index (κ1) is 41.0. The molecule has 2 saturated heterocycles. The maximum absolute atomic E-state index is 14.1. The highest BCUT2D eigenvalue weighted by atomic mass is 16.7. The number of aliphatic hydroxyl groups excluding tert-OH is 2. The van der Waals surface area contributed by atoms with Crippen LogP contribution in [0.4, 0.5) is 0 Å². The zero-order chi connectivity index (χ0) is 36.8. The Labute approximate surface area is 292 Å². The van der Waals surface area contributed by atoms with Crippen molar-refractivity contribution in [3.8, 4) is 0 Å². The summed E-state index contributed by atoms with van der Waals surface area (Å²) in [5, 5.41) is 39.3. The minimum atomic E-state index is -1.90. The molecule has 2 aliphatic rings. The Morgan fingerprint density at radius 2 is 1.65 bits per heavy atom. The van der Waals surface area contributed by atoms with Crippen LogP contribution in [0.15, 0.2) is 35.5 Å². The van der Waals surface area contributed by atoms with Gasteiger partial charge in [0.05, 0.1) is 29.6 Å². The van der Waals surface area contributed by atoms with E-state index in [1.54, 1.807) is 20.8 Å². The molecule has 12 heteroatoms. The molecule has 0 bridgehead atoms. The number of carbonyl (C=O) groups is 2. The van der Waals surface area contributed by atoms with Gasteiger partial charge in [0, 0.05) is 30.9 Å². The first-order chi connectivity index (χ1) is 22.9. The molecule has 2 heterocycles. The van der Waals surface area contributed by atoms with E-state index in [9.17, 15) is 24.9 Å². The lowest BCUT2D eigenvalue weighted by Gasteiger charge is -2.47. The number of cyclic esters (lactones) is 1. The Hall–Kier alpha value is -2.45. The van der Waals surface area contributed by atoms with Crippen molar-refractivity contribution < 1.29 is 48.7 Å². The number of nitrogens with zero attached hydrogens (tertiary/aromatic N) is 2. The number of oxime groups is 1. The fourth-order valence-corrected chi connectivity index (χ4v) is 7.37. The summed E-state index contributed by atoms with van der Waals surface area (Å²) in [5.41, 5.74) is -1.77. The molecular weight excluding hydrogens is 632 g/mol. The lowest BCUT2D eigenvalue weighted by molar-refractivity contribution is -0.295. The summed E-state index contributed by atoms with van der Waals surface area (Å²) in [5.74, 6) is -4.65. The molecule has 0 spiro atoms. The molecule has 3 rings (SSSR count). The Balaban J connectivity index is 2.14. The smallest absolute Gasteiger partial charge is 0.316 e. The number of likely N-dealkylation sites (N-methyl/N-ethyl adjacent to an activating group) is 1. The van der Waals surface area contributed by atoms with Gasteiger partial charge < -0.3 is 44.0 Å². The molecule has 2 aliphatic heterocycles. The van der Waals surface area contributed by atoms with Crippen molar-refractivity contribution in [1.29, 1.82) is 0 Å². The molecule has 1 aromatic carbocycles. The lowest BCUT2D eigenvalue weighted by atomic mass is 9.74. The summed E-state index contributed by atoms with van der Waals surface area (Å²) in [4.78, 5) is 35.3. The molecule has 0 aromatic heterocycles. The van der Waals surface area contributed by atoms with Gasteiger partial charge in [-0.1, -0.05) is 63.2 Å². The van der Waals surface area contributed by atoms with Crippen LogP contribution in [0.25, 0.3) is 0 Å². The van der Waals surface area contributed by atoms with Crippen molar-refractivity contribution in [3.05, 3.63) is 35.9 Å². The minimum Gasteiger partial charge on any atom is -0.459 e. The fraction of sp³-hybridized carbons (Fsp3) is 0.757. The number of ketones is 1.